The number of nitrogens with zero attached hydrogens (tertiary/aromatic N) is 3. The molecule has 0 bridgehead atoms. The third-order valence-electron chi connectivity index (χ3n) is 5.59. The number of fused-ring (bicyclic) bond motifs is 5. The number of H-pyrrole nitrogens is 1. The minimum atomic E-state index is -5.08. The molecule has 20 heteroatoms. The van der Waals surface area contributed by atoms with E-state index in [9.17, 15) is 34.8 Å². The third-order valence-corrected chi connectivity index (χ3v) is 7.90. The zero-order chi connectivity index (χ0) is 33.9. The van der Waals surface area contributed by atoms with Crippen molar-refractivity contribution in [1.29, 1.82) is 0 Å². The highest BCUT2D eigenvalue weighted by Crippen LogP contribution is 2.44. The van der Waals surface area contributed by atoms with Gasteiger partial charge in [-0.05, 0) is 30.3 Å². The molecule has 1 aliphatic heterocycles. The van der Waals surface area contributed by atoms with E-state index in [4.69, 9.17) is 48.0 Å². The van der Waals surface area contributed by atoms with Gasteiger partial charge in [0.25, 0.3) is 0 Å². The lowest BCUT2D eigenvalue weighted by Gasteiger charge is -2.09. The first-order valence-electron chi connectivity index (χ1n) is 11.9. The summed E-state index contributed by atoms with van der Waals surface area (Å²) in [5, 5.41) is 17.9. The van der Waals surface area contributed by atoms with Gasteiger partial charge in [-0.15, -0.1) is 0 Å². The van der Waals surface area contributed by atoms with E-state index < -0.39 is 34.1 Å². The van der Waals surface area contributed by atoms with Gasteiger partial charge in [0.15, 0.2) is 9.84 Å². The van der Waals surface area contributed by atoms with Crippen molar-refractivity contribution < 1.29 is 54.6 Å². The number of rotatable bonds is 3. The quantitative estimate of drug-likeness (QED) is 0.150. The van der Waals surface area contributed by atoms with Gasteiger partial charge in [0, 0.05) is 23.5 Å². The number of halogens is 8. The summed E-state index contributed by atoms with van der Waals surface area (Å²) in [5.41, 5.74) is 4.29. The van der Waals surface area contributed by atoms with Gasteiger partial charge in [-0.1, -0.05) is 30.1 Å². The maximum Gasteiger partial charge on any atom is 0.490 e. The molecule has 4 heterocycles. The number of carboxylic acids is 2. The van der Waals surface area contributed by atoms with Crippen LogP contribution < -0.4 is 5.32 Å². The van der Waals surface area contributed by atoms with Crippen molar-refractivity contribution in [3.63, 3.8) is 0 Å². The van der Waals surface area contributed by atoms with Crippen molar-refractivity contribution in [3.8, 4) is 33.9 Å². The van der Waals surface area contributed by atoms with E-state index in [-0.39, 0.29) is 20.7 Å². The van der Waals surface area contributed by atoms with Gasteiger partial charge in [0.1, 0.15) is 17.3 Å². The number of nitrogens with one attached hydrogen (secondary N) is 2. The second-order valence-corrected chi connectivity index (χ2v) is 11.6. The molecule has 11 nitrogen and oxygen atoms in total. The maximum atomic E-state index is 12.3. The minimum Gasteiger partial charge on any atom is -0.475 e. The minimum absolute atomic E-state index is 0.0460. The molecule has 4 N–H and O–H groups in total. The van der Waals surface area contributed by atoms with E-state index in [1.165, 1.54) is 12.1 Å². The second-order valence-electron chi connectivity index (χ2n) is 8.53. The van der Waals surface area contributed by atoms with Crippen molar-refractivity contribution in [3.05, 3.63) is 59.0 Å². The normalized spacial score (nSPS) is 12.0. The van der Waals surface area contributed by atoms with E-state index in [1.54, 1.807) is 25.5 Å². The highest BCUT2D eigenvalue weighted by Gasteiger charge is 2.39. The lowest BCUT2D eigenvalue weighted by Crippen LogP contribution is -2.21. The second kappa shape index (κ2) is 13.3. The molecule has 0 aliphatic carbocycles. The van der Waals surface area contributed by atoms with Crippen LogP contribution in [0, 0.1) is 0 Å². The molecule has 0 spiro atoms. The molecule has 0 amide bonds. The van der Waals surface area contributed by atoms with Gasteiger partial charge in [-0.3, -0.25) is 4.98 Å². The average Bonchev–Trinajstić information content (AvgIpc) is 3.32. The molecule has 1 aliphatic rings. The number of anilines is 2. The topological polar surface area (TPSA) is 175 Å². The van der Waals surface area contributed by atoms with Crippen molar-refractivity contribution in [2.24, 2.45) is 0 Å². The number of alkyl halides is 6. The monoisotopic (exact) mass is 699 g/mol. The Balaban J connectivity index is 0.000000331. The van der Waals surface area contributed by atoms with Crippen LogP contribution >= 0.6 is 23.2 Å². The van der Waals surface area contributed by atoms with E-state index >= 15 is 0 Å². The highest BCUT2D eigenvalue weighted by molar-refractivity contribution is 7.91. The summed E-state index contributed by atoms with van der Waals surface area (Å²) in [6, 6.07) is 8.43. The van der Waals surface area contributed by atoms with Crippen LogP contribution in [-0.4, -0.2) is 68.6 Å². The summed E-state index contributed by atoms with van der Waals surface area (Å²) in [4.78, 5) is 34.6. The molecular formula is C25H17Cl2F6N5O6S. The molecule has 240 valence electrons. The molecule has 3 aromatic heterocycles. The largest absolute Gasteiger partial charge is 0.490 e. The Morgan fingerprint density at radius 2 is 1.49 bits per heavy atom. The van der Waals surface area contributed by atoms with Gasteiger partial charge in [0.05, 0.1) is 43.8 Å². The molecule has 0 radical (unpaired) electrons. The number of carboxylic acid groups (broad SMARTS) is 2. The Kier molecular flexibility index (Phi) is 10.4. The predicted octanol–water partition coefficient (Wildman–Crippen LogP) is 6.62. The summed E-state index contributed by atoms with van der Waals surface area (Å²) < 4.78 is 88.0. The lowest BCUT2D eigenvalue weighted by atomic mass is 10.1. The van der Waals surface area contributed by atoms with E-state index in [2.05, 4.69) is 20.3 Å². The van der Waals surface area contributed by atoms with Crippen LogP contribution in [0.2, 0.25) is 10.0 Å². The van der Waals surface area contributed by atoms with Crippen LogP contribution in [0.1, 0.15) is 6.92 Å². The van der Waals surface area contributed by atoms with E-state index in [1.807, 2.05) is 18.2 Å². The summed E-state index contributed by atoms with van der Waals surface area (Å²) >= 11 is 13.0. The van der Waals surface area contributed by atoms with Crippen LogP contribution in [0.4, 0.5) is 37.8 Å². The summed E-state index contributed by atoms with van der Waals surface area (Å²) in [6.07, 6.45) is -5.06. The smallest absolute Gasteiger partial charge is 0.475 e. The number of benzene rings is 1. The summed E-state index contributed by atoms with van der Waals surface area (Å²) in [5.74, 6) is -4.48. The van der Waals surface area contributed by atoms with Gasteiger partial charge >= 0.3 is 24.3 Å². The van der Waals surface area contributed by atoms with Crippen LogP contribution in [0.15, 0.2) is 53.8 Å². The standard InChI is InChI=1S/C21H15Cl2N5O2S.2C2HF3O2/c1-2-31(29,30)11-8-14(22)17(15(23)9-11)21-27-18-12-5-7-24-10-16(12)26-20-13(19(18)28-21)4-3-6-25-20;2*3-2(4,5)1(6)7/h3-10H,2H2,1H3,(H,25,26)(H,27,28);2*(H,6,7). The Morgan fingerprint density at radius 3 is 2.00 bits per heavy atom. The molecule has 0 atom stereocenters. The van der Waals surface area contributed by atoms with Crippen LogP contribution in [0.3, 0.4) is 0 Å². The van der Waals surface area contributed by atoms with Gasteiger partial charge < -0.3 is 20.5 Å². The van der Waals surface area contributed by atoms with Crippen molar-refractivity contribution in [2.75, 3.05) is 11.1 Å². The number of imidazole rings is 1. The molecular weight excluding hydrogens is 683 g/mol. The van der Waals surface area contributed by atoms with Crippen LogP contribution in [-0.2, 0) is 19.4 Å². The molecule has 0 unspecified atom stereocenters. The van der Waals surface area contributed by atoms with Crippen LogP contribution in [0.5, 0.6) is 0 Å². The van der Waals surface area contributed by atoms with Crippen LogP contribution in [0.25, 0.3) is 33.9 Å². The maximum absolute atomic E-state index is 12.3. The number of carbonyl (C=O) groups is 2. The number of aromatic amines is 1. The Morgan fingerprint density at radius 1 is 0.933 bits per heavy atom. The third kappa shape index (κ3) is 8.20. The number of aromatic nitrogens is 4. The van der Waals surface area contributed by atoms with Gasteiger partial charge in [0.2, 0.25) is 0 Å². The molecule has 5 rings (SSSR count). The molecule has 0 saturated heterocycles. The van der Waals surface area contributed by atoms with Crippen molar-refractivity contribution in [1.82, 2.24) is 19.9 Å². The fraction of sp³-hybridized carbons (Fsp3) is 0.160. The Bertz CT molecular complexity index is 1760. The van der Waals surface area contributed by atoms with Gasteiger partial charge in [-0.2, -0.15) is 26.3 Å². The molecule has 0 saturated carbocycles. The van der Waals surface area contributed by atoms with Crippen molar-refractivity contribution >= 4 is 56.5 Å². The molecule has 45 heavy (non-hydrogen) atoms. The van der Waals surface area contributed by atoms with E-state index in [0.717, 1.165) is 22.5 Å². The fourth-order valence-electron chi connectivity index (χ4n) is 3.54. The first-order valence-corrected chi connectivity index (χ1v) is 14.3. The number of aliphatic carboxylic acids is 2. The zero-order valence-corrected chi connectivity index (χ0v) is 24.5. The van der Waals surface area contributed by atoms with Gasteiger partial charge in [-0.25, -0.2) is 28.0 Å². The molecule has 4 aromatic rings. The summed E-state index contributed by atoms with van der Waals surface area (Å²) in [6.45, 7) is 1.57. The number of hydrogen-bond acceptors (Lipinski definition) is 8. The predicted molar refractivity (Wildman–Crippen MR) is 149 cm³/mol. The van der Waals surface area contributed by atoms with E-state index in [0.29, 0.717) is 22.9 Å². The summed E-state index contributed by atoms with van der Waals surface area (Å²) in [7, 11) is -3.45. The Labute approximate surface area is 258 Å². The Hall–Kier alpha value is -4.42. The lowest BCUT2D eigenvalue weighted by molar-refractivity contribution is -0.193. The number of hydrogen-bond donors (Lipinski definition) is 4. The first kappa shape index (κ1) is 35.1. The average molecular weight is 700 g/mol. The number of sulfone groups is 1. The molecule has 1 aromatic carbocycles. The zero-order valence-electron chi connectivity index (χ0n) is 22.1. The first-order chi connectivity index (χ1) is 20.8. The highest BCUT2D eigenvalue weighted by atomic mass is 35.5. The fourth-order valence-corrected chi connectivity index (χ4v) is 5.26. The SMILES string of the molecule is CCS(=O)(=O)c1cc(Cl)c(-c2nc3c([nH]2)-c2ccncc2Nc2ncccc2-3)c(Cl)c1.O=C(O)C(F)(F)F.O=C(O)C(F)(F)F. The molecule has 0 fully saturated rings. The number of pyridine rings is 2. The van der Waals surface area contributed by atoms with Crippen molar-refractivity contribution in [2.45, 2.75) is 24.2 Å².